The Labute approximate surface area is 476 Å². The molecule has 1 unspecified atom stereocenters. The Balaban J connectivity index is 0.000000259. The van der Waals surface area contributed by atoms with Gasteiger partial charge in [0.25, 0.3) is 0 Å². The summed E-state index contributed by atoms with van der Waals surface area (Å²) in [5, 5.41) is 40.2. The first-order valence-corrected chi connectivity index (χ1v) is 25.8. The number of halogens is 3. The van der Waals surface area contributed by atoms with E-state index in [4.69, 9.17) is 36.4 Å². The van der Waals surface area contributed by atoms with E-state index in [2.05, 4.69) is 77.6 Å². The van der Waals surface area contributed by atoms with Crippen LogP contribution in [-0.4, -0.2) is 121 Å². The Morgan fingerprint density at radius 1 is 0.805 bits per heavy atom. The molecule has 5 aromatic carbocycles. The highest BCUT2D eigenvalue weighted by molar-refractivity contribution is 8.93. The highest BCUT2D eigenvalue weighted by Gasteiger charge is 2.54. The number of aliphatic hydroxyl groups excluding tert-OH is 1. The summed E-state index contributed by atoms with van der Waals surface area (Å²) < 4.78 is 10.6. The van der Waals surface area contributed by atoms with E-state index in [9.17, 15) is 19.5 Å². The van der Waals surface area contributed by atoms with E-state index < -0.39 is 29.9 Å². The predicted molar refractivity (Wildman–Crippen MR) is 316 cm³/mol. The number of hydrogen-bond donors (Lipinski definition) is 5. The van der Waals surface area contributed by atoms with Gasteiger partial charge in [-0.15, -0.1) is 29.4 Å². The number of aliphatic hydroxyl groups is 1. The van der Waals surface area contributed by atoms with Gasteiger partial charge in [-0.05, 0) is 180 Å². The summed E-state index contributed by atoms with van der Waals surface area (Å²) in [6, 6.07) is 42.9. The summed E-state index contributed by atoms with van der Waals surface area (Å²) in [6.07, 6.45) is 10.4. The maximum Gasteiger partial charge on any atom is 0.328 e. The second-order valence-corrected chi connectivity index (χ2v) is 20.0. The third-order valence-electron chi connectivity index (χ3n) is 14.6. The van der Waals surface area contributed by atoms with E-state index >= 15 is 0 Å². The Hall–Kier alpha value is -5.84. The third kappa shape index (κ3) is 18.7. The lowest BCUT2D eigenvalue weighted by Crippen LogP contribution is -2.56. The van der Waals surface area contributed by atoms with Crippen molar-refractivity contribution in [2.24, 2.45) is 5.92 Å². The molecular formula is C61H77BrCl2N4O9. The Morgan fingerprint density at radius 3 is 1.99 bits per heavy atom. The van der Waals surface area contributed by atoms with Crippen molar-refractivity contribution in [2.75, 3.05) is 55.5 Å². The Morgan fingerprint density at radius 2 is 1.40 bits per heavy atom. The molecule has 77 heavy (non-hydrogen) atoms. The van der Waals surface area contributed by atoms with Crippen molar-refractivity contribution < 1.29 is 44.3 Å². The van der Waals surface area contributed by atoms with Gasteiger partial charge >= 0.3 is 17.9 Å². The first kappa shape index (κ1) is 65.4. The Kier molecular flexibility index (Phi) is 27.3. The van der Waals surface area contributed by atoms with Crippen molar-refractivity contribution in [3.8, 4) is 11.5 Å². The smallest absolute Gasteiger partial charge is 0.328 e. The van der Waals surface area contributed by atoms with E-state index in [-0.39, 0.29) is 35.4 Å². The minimum Gasteiger partial charge on any atom is -0.497 e. The second kappa shape index (κ2) is 32.2. The number of nitrogens with zero attached hydrogens (tertiary/aromatic N) is 3. The molecular weight excluding hydrogens is 1080 g/mol. The summed E-state index contributed by atoms with van der Waals surface area (Å²) in [5.74, 6) is -0.765. The number of nitrogens with one attached hydrogen (secondary N) is 1. The number of carboxylic acids is 3. The summed E-state index contributed by atoms with van der Waals surface area (Å²) in [6.45, 7) is 5.94. The fourth-order valence-electron chi connectivity index (χ4n) is 10.3. The highest BCUT2D eigenvalue weighted by atomic mass is 79.9. The number of piperidine rings is 1. The summed E-state index contributed by atoms with van der Waals surface area (Å²) in [7, 11) is 11.8. The van der Waals surface area contributed by atoms with Crippen molar-refractivity contribution >= 4 is 69.7 Å². The van der Waals surface area contributed by atoms with Crippen LogP contribution in [0.25, 0.3) is 10.8 Å². The largest absolute Gasteiger partial charge is 0.497 e. The monoisotopic (exact) mass is 1160 g/mol. The van der Waals surface area contributed by atoms with Gasteiger partial charge in [0.05, 0.1) is 26.2 Å². The van der Waals surface area contributed by atoms with Crippen molar-refractivity contribution in [1.82, 2.24) is 20.1 Å². The molecule has 1 aromatic heterocycles. The molecule has 5 N–H and O–H groups in total. The minimum atomic E-state index is -1.26. The van der Waals surface area contributed by atoms with E-state index in [0.717, 1.165) is 69.0 Å². The second-order valence-electron chi connectivity index (χ2n) is 19.6. The van der Waals surface area contributed by atoms with Gasteiger partial charge in [0.15, 0.2) is 0 Å². The number of hydrogen-bond acceptors (Lipinski definition) is 10. The van der Waals surface area contributed by atoms with Gasteiger partial charge in [0.2, 0.25) is 0 Å². The topological polar surface area (TPSA) is 182 Å². The first-order valence-electron chi connectivity index (χ1n) is 25.4. The molecule has 2 aliphatic carbocycles. The zero-order chi connectivity index (χ0) is 54.7. The van der Waals surface area contributed by atoms with Gasteiger partial charge < -0.3 is 45.0 Å². The maximum absolute atomic E-state index is 10.9. The normalized spacial score (nSPS) is 18.3. The zero-order valence-corrected chi connectivity index (χ0v) is 48.6. The molecule has 16 heteroatoms. The molecule has 3 aliphatic rings. The van der Waals surface area contributed by atoms with Gasteiger partial charge in [-0.3, -0.25) is 9.78 Å². The van der Waals surface area contributed by atoms with Gasteiger partial charge in [0.1, 0.15) is 11.5 Å². The lowest BCUT2D eigenvalue weighted by Gasteiger charge is -2.53. The van der Waals surface area contributed by atoms with Gasteiger partial charge in [-0.2, -0.15) is 0 Å². The lowest BCUT2D eigenvalue weighted by molar-refractivity contribution is -0.138. The predicted octanol–water partition coefficient (Wildman–Crippen LogP) is 11.9. The molecule has 9 rings (SSSR count). The number of methoxy groups -OCH3 is 2. The molecule has 0 spiro atoms. The van der Waals surface area contributed by atoms with Crippen molar-refractivity contribution in [1.29, 1.82) is 0 Å². The van der Waals surface area contributed by atoms with E-state index in [1.165, 1.54) is 44.2 Å². The maximum atomic E-state index is 10.9. The molecule has 13 nitrogen and oxygen atoms in total. The van der Waals surface area contributed by atoms with Crippen molar-refractivity contribution in [2.45, 2.75) is 87.8 Å². The van der Waals surface area contributed by atoms with Crippen LogP contribution in [0.15, 0.2) is 146 Å². The molecule has 1 saturated carbocycles. The number of aromatic nitrogens is 1. The lowest BCUT2D eigenvalue weighted by atomic mass is 9.59. The number of pyridine rings is 1. The van der Waals surface area contributed by atoms with Crippen LogP contribution in [0.2, 0.25) is 5.02 Å². The van der Waals surface area contributed by atoms with Crippen LogP contribution < -0.4 is 14.8 Å². The van der Waals surface area contributed by atoms with Crippen molar-refractivity contribution in [3.05, 3.63) is 184 Å². The fourth-order valence-corrected chi connectivity index (χ4v) is 10.4. The molecule has 2 fully saturated rings. The molecule has 416 valence electrons. The number of likely N-dealkylation sites (N-methyl/N-ethyl adjacent to an activating group) is 2. The first-order chi connectivity index (χ1) is 35.9. The third-order valence-corrected chi connectivity index (χ3v) is 14.9. The van der Waals surface area contributed by atoms with Crippen LogP contribution in [-0.2, 0) is 26.2 Å². The highest BCUT2D eigenvalue weighted by Crippen LogP contribution is 2.57. The standard InChI is InChI=1S/C17H23NO.C16H19ClN2.C14H14O3.C10H15NO.C4H4O4.BrH.ClH/c1-18-9-8-17-7-3-4-14(17)16(18)10-12-5-6-13(19-2)11-15(12)17;1-19(2)12-10-15(16-5-3-4-11-18-16)13-6-8-14(17)9-7-13;1-9(14(15)16)10-3-4-12-8-13(17-2)6-5-11(12)7-10;1-8(11-2)10(12)9-6-4-3-5-7-9;5-3(6)1-2-4(7)8;;/h5-6,11,14,16H,3-4,7-10H2,1-2H3;3-9,11,15H,10,12H2,1-2H3;3-9H,1-2H3,(H,15,16);3-8,10-12H,1-2H3;1-2H,(H,5,6)(H,7,8);2*1H/b;;;;2-1-;;/t14-,16-,17+;;9-;8-,10+;;;/m0.00.../s1. The molecule has 7 atom stereocenters. The fraction of sp³-hybridized carbons (Fsp3) is 0.377. The van der Waals surface area contributed by atoms with Crippen LogP contribution in [0.5, 0.6) is 11.5 Å². The molecule has 0 radical (unpaired) electrons. The van der Waals surface area contributed by atoms with Crippen LogP contribution in [0.3, 0.4) is 0 Å². The van der Waals surface area contributed by atoms with Crippen LogP contribution in [0, 0.1) is 5.92 Å². The van der Waals surface area contributed by atoms with E-state index in [1.807, 2.05) is 111 Å². The number of ether oxygens (including phenoxy) is 2. The summed E-state index contributed by atoms with van der Waals surface area (Å²) in [4.78, 5) is 39.3. The summed E-state index contributed by atoms with van der Waals surface area (Å²) in [5.41, 5.74) is 7.83. The number of carbonyl (C=O) groups is 3. The number of likely N-dealkylation sites (tertiary alicyclic amines) is 1. The molecule has 2 heterocycles. The van der Waals surface area contributed by atoms with E-state index in [1.54, 1.807) is 32.3 Å². The number of benzene rings is 5. The molecule has 1 aliphatic heterocycles. The molecule has 2 bridgehead atoms. The quantitative estimate of drug-likeness (QED) is 0.0651. The van der Waals surface area contributed by atoms with Gasteiger partial charge in [0, 0.05) is 52.5 Å². The number of carboxylic acid groups (broad SMARTS) is 3. The number of aliphatic carboxylic acids is 3. The SMILES string of the molecule is Br.CN(C)CCC(c1ccc(Cl)cc1)c1ccccn1.CN[C@@H](C)[C@@H](O)c1ccccc1.COc1ccc2c(c1)[C@@]13CCC[C@H]1[C@H](C2)N(C)CC3.COc1ccc2cc([C@H](C)C(=O)O)ccc2c1.Cl.O=C(O)/C=C\C(=O)O. The van der Waals surface area contributed by atoms with Crippen LogP contribution >= 0.6 is 41.0 Å². The van der Waals surface area contributed by atoms with Gasteiger partial charge in [-0.1, -0.05) is 96.9 Å². The number of rotatable bonds is 14. The van der Waals surface area contributed by atoms with Crippen molar-refractivity contribution in [3.63, 3.8) is 0 Å². The number of fused-ring (bicyclic) bond motifs is 2. The van der Waals surface area contributed by atoms with Crippen LogP contribution in [0.4, 0.5) is 0 Å². The summed E-state index contributed by atoms with van der Waals surface area (Å²) >= 11 is 5.97. The molecule has 6 aromatic rings. The zero-order valence-electron chi connectivity index (χ0n) is 45.3. The van der Waals surface area contributed by atoms with Crippen LogP contribution in [0.1, 0.15) is 97.4 Å². The minimum absolute atomic E-state index is 0. The Bertz CT molecular complexity index is 2780. The molecule has 1 saturated heterocycles. The molecule has 0 amide bonds. The van der Waals surface area contributed by atoms with Gasteiger partial charge in [-0.25, -0.2) is 9.59 Å². The average molecular weight is 1160 g/mol. The average Bonchev–Trinajstić information content (AvgIpc) is 3.89. The van der Waals surface area contributed by atoms with E-state index in [0.29, 0.717) is 23.5 Å².